The number of anilines is 3. The number of nitrogens with one attached hydrogen (secondary N) is 2. The fourth-order valence-electron chi connectivity index (χ4n) is 2.99. The molecule has 1 aliphatic carbocycles. The summed E-state index contributed by atoms with van der Waals surface area (Å²) in [7, 11) is 0. The van der Waals surface area contributed by atoms with Crippen molar-refractivity contribution in [3.63, 3.8) is 0 Å². The largest absolute Gasteiger partial charge is 0.464 e. The molecular formula is C18H24IN5O. The second-order valence-corrected chi connectivity index (χ2v) is 7.51. The maximum Gasteiger partial charge on any atom is 0.323 e. The van der Waals surface area contributed by atoms with Gasteiger partial charge in [0.25, 0.3) is 0 Å². The zero-order valence-corrected chi connectivity index (χ0v) is 16.8. The zero-order valence-electron chi connectivity index (χ0n) is 14.7. The van der Waals surface area contributed by atoms with Crippen molar-refractivity contribution in [1.29, 1.82) is 0 Å². The van der Waals surface area contributed by atoms with Crippen molar-refractivity contribution in [2.24, 2.45) is 0 Å². The van der Waals surface area contributed by atoms with Crippen LogP contribution in [0.3, 0.4) is 0 Å². The molecule has 0 radical (unpaired) electrons. The molecule has 2 aromatic rings. The van der Waals surface area contributed by atoms with Crippen LogP contribution in [0.1, 0.15) is 44.6 Å². The molecule has 0 aliphatic heterocycles. The average molecular weight is 453 g/mol. The Morgan fingerprint density at radius 2 is 1.88 bits per heavy atom. The minimum absolute atomic E-state index is 0.349. The Labute approximate surface area is 162 Å². The minimum Gasteiger partial charge on any atom is -0.464 e. The number of rotatable bonds is 6. The quantitative estimate of drug-likeness (QED) is 0.620. The van der Waals surface area contributed by atoms with Crippen LogP contribution < -0.4 is 15.4 Å². The second-order valence-electron chi connectivity index (χ2n) is 6.26. The molecule has 0 amide bonds. The first kappa shape index (κ1) is 18.2. The molecule has 25 heavy (non-hydrogen) atoms. The molecule has 1 aromatic carbocycles. The molecule has 6 nitrogen and oxygen atoms in total. The van der Waals surface area contributed by atoms with Crippen LogP contribution in [0.15, 0.2) is 18.2 Å². The molecule has 0 saturated heterocycles. The van der Waals surface area contributed by atoms with E-state index in [1.54, 1.807) is 0 Å². The minimum atomic E-state index is 0.349. The van der Waals surface area contributed by atoms with Gasteiger partial charge in [-0.15, -0.1) is 0 Å². The summed E-state index contributed by atoms with van der Waals surface area (Å²) >= 11 is 2.31. The lowest BCUT2D eigenvalue weighted by atomic mass is 9.96. The number of hydrogen-bond donors (Lipinski definition) is 2. The number of halogens is 1. The summed E-state index contributed by atoms with van der Waals surface area (Å²) < 4.78 is 6.72. The monoisotopic (exact) mass is 453 g/mol. The highest BCUT2D eigenvalue weighted by atomic mass is 127. The van der Waals surface area contributed by atoms with Crippen molar-refractivity contribution >= 4 is 40.2 Å². The Kier molecular flexibility index (Phi) is 6.28. The van der Waals surface area contributed by atoms with Gasteiger partial charge >= 0.3 is 6.01 Å². The highest BCUT2D eigenvalue weighted by Crippen LogP contribution is 2.24. The van der Waals surface area contributed by atoms with E-state index in [0.29, 0.717) is 30.6 Å². The van der Waals surface area contributed by atoms with E-state index in [-0.39, 0.29) is 0 Å². The molecule has 1 aromatic heterocycles. The van der Waals surface area contributed by atoms with Gasteiger partial charge in [0.1, 0.15) is 0 Å². The molecule has 0 atom stereocenters. The Hall–Kier alpha value is -1.64. The topological polar surface area (TPSA) is 72.0 Å². The van der Waals surface area contributed by atoms with Crippen LogP contribution in [0, 0.1) is 10.5 Å². The smallest absolute Gasteiger partial charge is 0.323 e. The van der Waals surface area contributed by atoms with Gasteiger partial charge in [0.2, 0.25) is 11.9 Å². The maximum atomic E-state index is 5.52. The van der Waals surface area contributed by atoms with E-state index in [1.165, 1.54) is 22.8 Å². The number of benzene rings is 1. The first-order chi connectivity index (χ1) is 12.1. The van der Waals surface area contributed by atoms with Gasteiger partial charge in [-0.2, -0.15) is 15.0 Å². The van der Waals surface area contributed by atoms with Crippen LogP contribution in [0.2, 0.25) is 0 Å². The Bertz CT molecular complexity index is 719. The molecule has 1 heterocycles. The molecule has 7 heteroatoms. The van der Waals surface area contributed by atoms with Crippen LogP contribution in [-0.2, 0) is 0 Å². The summed E-state index contributed by atoms with van der Waals surface area (Å²) in [6.45, 7) is 4.51. The first-order valence-corrected chi connectivity index (χ1v) is 9.90. The summed E-state index contributed by atoms with van der Waals surface area (Å²) in [4.78, 5) is 13.3. The van der Waals surface area contributed by atoms with Crippen molar-refractivity contribution < 1.29 is 4.74 Å². The van der Waals surface area contributed by atoms with Crippen LogP contribution in [-0.4, -0.2) is 27.6 Å². The number of hydrogen-bond acceptors (Lipinski definition) is 6. The molecule has 1 saturated carbocycles. The van der Waals surface area contributed by atoms with Gasteiger partial charge in [0, 0.05) is 15.3 Å². The van der Waals surface area contributed by atoms with Crippen LogP contribution in [0.5, 0.6) is 6.01 Å². The van der Waals surface area contributed by atoms with Crippen LogP contribution in [0.25, 0.3) is 0 Å². The molecule has 0 unspecified atom stereocenters. The summed E-state index contributed by atoms with van der Waals surface area (Å²) in [6, 6.07) is 6.99. The van der Waals surface area contributed by atoms with Gasteiger partial charge < -0.3 is 15.4 Å². The van der Waals surface area contributed by atoms with E-state index in [2.05, 4.69) is 67.2 Å². The second kappa shape index (κ2) is 8.64. The van der Waals surface area contributed by atoms with E-state index < -0.39 is 0 Å². The number of aromatic nitrogens is 3. The van der Waals surface area contributed by atoms with Gasteiger partial charge in [-0.1, -0.05) is 19.3 Å². The maximum absolute atomic E-state index is 5.52. The lowest BCUT2D eigenvalue weighted by Crippen LogP contribution is -2.24. The Morgan fingerprint density at radius 1 is 1.12 bits per heavy atom. The van der Waals surface area contributed by atoms with Gasteiger partial charge in [0.15, 0.2) is 0 Å². The van der Waals surface area contributed by atoms with E-state index in [1.807, 2.05) is 13.0 Å². The highest BCUT2D eigenvalue weighted by Gasteiger charge is 2.16. The van der Waals surface area contributed by atoms with Crippen molar-refractivity contribution in [2.45, 2.75) is 52.0 Å². The third-order valence-corrected chi connectivity index (χ3v) is 4.93. The fraction of sp³-hybridized carbons (Fsp3) is 0.500. The number of ether oxygens (including phenoxy) is 1. The van der Waals surface area contributed by atoms with E-state index in [9.17, 15) is 0 Å². The van der Waals surface area contributed by atoms with Crippen LogP contribution in [0.4, 0.5) is 17.6 Å². The third-order valence-electron chi connectivity index (χ3n) is 4.26. The van der Waals surface area contributed by atoms with Crippen molar-refractivity contribution in [1.82, 2.24) is 15.0 Å². The summed E-state index contributed by atoms with van der Waals surface area (Å²) in [5.41, 5.74) is 2.13. The Morgan fingerprint density at radius 3 is 2.60 bits per heavy atom. The standard InChI is InChI=1S/C18H24IN5O/c1-3-25-18-23-16(20-14-7-5-4-6-8-14)22-17(24-18)21-15-10-9-13(19)11-12(15)2/h9-11,14H,3-8H2,1-2H3,(H2,20,21,22,23,24). The predicted molar refractivity (Wildman–Crippen MR) is 109 cm³/mol. The van der Waals surface area contributed by atoms with Gasteiger partial charge in [0.05, 0.1) is 6.61 Å². The average Bonchev–Trinajstić information content (AvgIpc) is 2.58. The molecule has 1 fully saturated rings. The third kappa shape index (κ3) is 5.17. The normalized spacial score (nSPS) is 15.0. The lowest BCUT2D eigenvalue weighted by molar-refractivity contribution is 0.312. The zero-order chi connectivity index (χ0) is 17.6. The molecule has 2 N–H and O–H groups in total. The summed E-state index contributed by atoms with van der Waals surface area (Å²) in [5.74, 6) is 1.08. The van der Waals surface area contributed by atoms with E-state index in [4.69, 9.17) is 4.74 Å². The molecular weight excluding hydrogens is 429 g/mol. The van der Waals surface area contributed by atoms with E-state index >= 15 is 0 Å². The van der Waals surface area contributed by atoms with Crippen LogP contribution >= 0.6 is 22.6 Å². The molecule has 0 spiro atoms. The predicted octanol–water partition coefficient (Wildman–Crippen LogP) is 4.67. The summed E-state index contributed by atoms with van der Waals surface area (Å²) in [5, 5.41) is 6.74. The lowest BCUT2D eigenvalue weighted by Gasteiger charge is -2.23. The SMILES string of the molecule is CCOc1nc(Nc2ccc(I)cc2C)nc(NC2CCCCC2)n1. The Balaban J connectivity index is 1.81. The van der Waals surface area contributed by atoms with Crippen molar-refractivity contribution in [2.75, 3.05) is 17.2 Å². The van der Waals surface area contributed by atoms with Gasteiger partial charge in [-0.05, 0) is 73.0 Å². The van der Waals surface area contributed by atoms with Crippen molar-refractivity contribution in [3.8, 4) is 6.01 Å². The van der Waals surface area contributed by atoms with Gasteiger partial charge in [-0.25, -0.2) is 0 Å². The number of aryl methyl sites for hydroxylation is 1. The molecule has 3 rings (SSSR count). The molecule has 134 valence electrons. The highest BCUT2D eigenvalue weighted by molar-refractivity contribution is 14.1. The van der Waals surface area contributed by atoms with Gasteiger partial charge in [-0.3, -0.25) is 0 Å². The molecule has 0 bridgehead atoms. The first-order valence-electron chi connectivity index (χ1n) is 8.82. The van der Waals surface area contributed by atoms with E-state index in [0.717, 1.165) is 24.1 Å². The fourth-order valence-corrected chi connectivity index (χ4v) is 3.63. The number of nitrogens with zero attached hydrogens (tertiary/aromatic N) is 3. The van der Waals surface area contributed by atoms with Crippen molar-refractivity contribution in [3.05, 3.63) is 27.3 Å². The molecule has 1 aliphatic rings. The summed E-state index contributed by atoms with van der Waals surface area (Å²) in [6.07, 6.45) is 6.16.